The second-order valence-corrected chi connectivity index (χ2v) is 3.86. The quantitative estimate of drug-likeness (QED) is 0.785. The van der Waals surface area contributed by atoms with Gasteiger partial charge >= 0.3 is 0 Å². The first kappa shape index (κ1) is 11.2. The van der Waals surface area contributed by atoms with Crippen LogP contribution in [0.3, 0.4) is 0 Å². The molecule has 1 heterocycles. The summed E-state index contributed by atoms with van der Waals surface area (Å²) in [6, 6.07) is 13.8. The molecule has 3 nitrogen and oxygen atoms in total. The summed E-state index contributed by atoms with van der Waals surface area (Å²) in [6.45, 7) is 2.07. The molecule has 2 aromatic rings. The van der Waals surface area contributed by atoms with Crippen LogP contribution < -0.4 is 4.90 Å². The standard InChI is InChI=1S/C14H13N3/c1-11-5-3-4-6-14(11)17(2)13-8-7-12(9-15)16-10-13/h3-8,10H,1-2H3. The van der Waals surface area contributed by atoms with Gasteiger partial charge in [-0.25, -0.2) is 4.98 Å². The van der Waals surface area contributed by atoms with Crippen molar-refractivity contribution in [3.63, 3.8) is 0 Å². The fourth-order valence-corrected chi connectivity index (χ4v) is 1.73. The average Bonchev–Trinajstić information content (AvgIpc) is 2.39. The molecule has 0 saturated carbocycles. The highest BCUT2D eigenvalue weighted by atomic mass is 15.1. The van der Waals surface area contributed by atoms with Crippen molar-refractivity contribution in [3.05, 3.63) is 53.9 Å². The van der Waals surface area contributed by atoms with E-state index >= 15 is 0 Å². The Bertz CT molecular complexity index is 552. The minimum atomic E-state index is 0.437. The van der Waals surface area contributed by atoms with E-state index in [1.54, 1.807) is 12.3 Å². The molecule has 3 heteroatoms. The zero-order chi connectivity index (χ0) is 12.3. The van der Waals surface area contributed by atoms with Gasteiger partial charge in [0, 0.05) is 12.7 Å². The molecule has 0 spiro atoms. The van der Waals surface area contributed by atoms with Gasteiger partial charge in [-0.15, -0.1) is 0 Å². The Balaban J connectivity index is 2.34. The summed E-state index contributed by atoms with van der Waals surface area (Å²) in [7, 11) is 1.99. The molecule has 0 atom stereocenters. The predicted octanol–water partition coefficient (Wildman–Crippen LogP) is 3.03. The Labute approximate surface area is 101 Å². The molecular weight excluding hydrogens is 210 g/mol. The van der Waals surface area contributed by atoms with Crippen LogP contribution in [-0.4, -0.2) is 12.0 Å². The lowest BCUT2D eigenvalue weighted by Gasteiger charge is -2.21. The molecule has 2 rings (SSSR count). The van der Waals surface area contributed by atoms with E-state index in [1.807, 2.05) is 31.3 Å². The van der Waals surface area contributed by atoms with Gasteiger partial charge in [0.2, 0.25) is 0 Å². The molecule has 0 aliphatic carbocycles. The highest BCUT2D eigenvalue weighted by molar-refractivity contribution is 5.64. The van der Waals surface area contributed by atoms with Gasteiger partial charge in [-0.3, -0.25) is 0 Å². The van der Waals surface area contributed by atoms with Gasteiger partial charge in [0.15, 0.2) is 0 Å². The van der Waals surface area contributed by atoms with Gasteiger partial charge in [-0.2, -0.15) is 5.26 Å². The average molecular weight is 223 g/mol. The Morgan fingerprint density at radius 3 is 2.53 bits per heavy atom. The predicted molar refractivity (Wildman–Crippen MR) is 68.2 cm³/mol. The van der Waals surface area contributed by atoms with Crippen LogP contribution in [0.1, 0.15) is 11.3 Å². The lowest BCUT2D eigenvalue weighted by Crippen LogP contribution is -2.11. The highest BCUT2D eigenvalue weighted by Crippen LogP contribution is 2.25. The van der Waals surface area contributed by atoms with Gasteiger partial charge in [0.1, 0.15) is 11.8 Å². The summed E-state index contributed by atoms with van der Waals surface area (Å²) in [5.41, 5.74) is 3.75. The maximum absolute atomic E-state index is 8.70. The molecule has 0 aliphatic heterocycles. The van der Waals surface area contributed by atoms with Gasteiger partial charge < -0.3 is 4.90 Å². The molecule has 0 amide bonds. The van der Waals surface area contributed by atoms with Gasteiger partial charge in [-0.1, -0.05) is 18.2 Å². The lowest BCUT2D eigenvalue weighted by atomic mass is 10.2. The summed E-state index contributed by atoms with van der Waals surface area (Å²) >= 11 is 0. The summed E-state index contributed by atoms with van der Waals surface area (Å²) in [5, 5.41) is 8.70. The van der Waals surface area contributed by atoms with Crippen molar-refractivity contribution in [1.82, 2.24) is 4.98 Å². The topological polar surface area (TPSA) is 39.9 Å². The van der Waals surface area contributed by atoms with Gasteiger partial charge in [-0.05, 0) is 30.7 Å². The number of aryl methyl sites for hydroxylation is 1. The molecule has 84 valence electrons. The number of benzene rings is 1. The molecule has 0 unspecified atom stereocenters. The fourth-order valence-electron chi connectivity index (χ4n) is 1.73. The van der Waals surface area contributed by atoms with Crippen LogP contribution in [0.15, 0.2) is 42.6 Å². The molecular formula is C14H13N3. The van der Waals surface area contributed by atoms with Crippen LogP contribution in [0.25, 0.3) is 0 Å². The van der Waals surface area contributed by atoms with E-state index in [4.69, 9.17) is 5.26 Å². The van der Waals surface area contributed by atoms with E-state index in [-0.39, 0.29) is 0 Å². The van der Waals surface area contributed by atoms with E-state index in [0.717, 1.165) is 11.4 Å². The number of aromatic nitrogens is 1. The smallest absolute Gasteiger partial charge is 0.140 e. The third-order valence-electron chi connectivity index (χ3n) is 2.73. The number of hydrogen-bond donors (Lipinski definition) is 0. The number of pyridine rings is 1. The van der Waals surface area contributed by atoms with Crippen LogP contribution in [0.4, 0.5) is 11.4 Å². The highest BCUT2D eigenvalue weighted by Gasteiger charge is 2.06. The normalized spacial score (nSPS) is 9.71. The molecule has 1 aromatic carbocycles. The van der Waals surface area contributed by atoms with E-state index in [9.17, 15) is 0 Å². The molecule has 0 bridgehead atoms. The number of hydrogen-bond acceptors (Lipinski definition) is 3. The minimum absolute atomic E-state index is 0.437. The van der Waals surface area contributed by atoms with Crippen LogP contribution >= 0.6 is 0 Å². The van der Waals surface area contributed by atoms with Gasteiger partial charge in [0.05, 0.1) is 11.9 Å². The Morgan fingerprint density at radius 1 is 1.18 bits per heavy atom. The first-order valence-electron chi connectivity index (χ1n) is 5.38. The maximum atomic E-state index is 8.70. The molecule has 0 N–H and O–H groups in total. The zero-order valence-electron chi connectivity index (χ0n) is 9.88. The third kappa shape index (κ3) is 2.26. The van der Waals surface area contributed by atoms with Crippen molar-refractivity contribution in [3.8, 4) is 6.07 Å². The van der Waals surface area contributed by atoms with E-state index in [2.05, 4.69) is 28.9 Å². The summed E-state index contributed by atoms with van der Waals surface area (Å²) in [5.74, 6) is 0. The Hall–Kier alpha value is -2.34. The molecule has 17 heavy (non-hydrogen) atoms. The third-order valence-corrected chi connectivity index (χ3v) is 2.73. The summed E-state index contributed by atoms with van der Waals surface area (Å²) < 4.78 is 0. The van der Waals surface area contributed by atoms with Crippen LogP contribution in [0.2, 0.25) is 0 Å². The van der Waals surface area contributed by atoms with Gasteiger partial charge in [0.25, 0.3) is 0 Å². The lowest BCUT2D eigenvalue weighted by molar-refractivity contribution is 1.15. The van der Waals surface area contributed by atoms with Crippen molar-refractivity contribution in [2.24, 2.45) is 0 Å². The minimum Gasteiger partial charge on any atom is -0.343 e. The summed E-state index contributed by atoms with van der Waals surface area (Å²) in [6.07, 6.45) is 1.71. The van der Waals surface area contributed by atoms with Crippen molar-refractivity contribution in [2.75, 3.05) is 11.9 Å². The fraction of sp³-hybridized carbons (Fsp3) is 0.143. The van der Waals surface area contributed by atoms with Crippen LogP contribution in [-0.2, 0) is 0 Å². The number of rotatable bonds is 2. The monoisotopic (exact) mass is 223 g/mol. The summed E-state index contributed by atoms with van der Waals surface area (Å²) in [4.78, 5) is 6.13. The van der Waals surface area contributed by atoms with Crippen LogP contribution in [0.5, 0.6) is 0 Å². The first-order valence-corrected chi connectivity index (χ1v) is 5.38. The molecule has 0 saturated heterocycles. The Morgan fingerprint density at radius 2 is 1.94 bits per heavy atom. The van der Waals surface area contributed by atoms with Crippen molar-refractivity contribution in [2.45, 2.75) is 6.92 Å². The largest absolute Gasteiger partial charge is 0.343 e. The number of nitrogens with zero attached hydrogens (tertiary/aromatic N) is 3. The first-order chi connectivity index (χ1) is 8.22. The SMILES string of the molecule is Cc1ccccc1N(C)c1ccc(C#N)nc1. The van der Waals surface area contributed by atoms with E-state index < -0.39 is 0 Å². The number of para-hydroxylation sites is 1. The molecule has 0 fully saturated rings. The van der Waals surface area contributed by atoms with Crippen molar-refractivity contribution >= 4 is 11.4 Å². The number of anilines is 2. The maximum Gasteiger partial charge on any atom is 0.140 e. The Kier molecular flexibility index (Phi) is 3.06. The van der Waals surface area contributed by atoms with E-state index in [1.165, 1.54) is 5.56 Å². The second kappa shape index (κ2) is 4.67. The number of nitriles is 1. The molecule has 0 aliphatic rings. The second-order valence-electron chi connectivity index (χ2n) is 3.86. The van der Waals surface area contributed by atoms with Crippen molar-refractivity contribution in [1.29, 1.82) is 5.26 Å². The van der Waals surface area contributed by atoms with Crippen molar-refractivity contribution < 1.29 is 0 Å². The van der Waals surface area contributed by atoms with Crippen LogP contribution in [0, 0.1) is 18.3 Å². The van der Waals surface area contributed by atoms with E-state index in [0.29, 0.717) is 5.69 Å². The molecule has 1 aromatic heterocycles. The molecule has 0 radical (unpaired) electrons. The zero-order valence-corrected chi connectivity index (χ0v) is 9.88.